The van der Waals surface area contributed by atoms with Crippen LogP contribution < -0.4 is 4.74 Å². The van der Waals surface area contributed by atoms with Crippen LogP contribution in [0.3, 0.4) is 0 Å². The number of halogens is 1. The molecule has 0 spiro atoms. The van der Waals surface area contributed by atoms with Crippen molar-refractivity contribution in [3.63, 3.8) is 0 Å². The normalized spacial score (nSPS) is 11.1. The summed E-state index contributed by atoms with van der Waals surface area (Å²) >= 11 is 0. The van der Waals surface area contributed by atoms with Crippen LogP contribution in [0.5, 0.6) is 5.75 Å². The molecule has 74 valence electrons. The van der Waals surface area contributed by atoms with E-state index in [0.717, 1.165) is 0 Å². The molecular formula is C10H9FO3. The Hall–Kier alpha value is -1.84. The van der Waals surface area contributed by atoms with Gasteiger partial charge in [0.15, 0.2) is 0 Å². The first kappa shape index (κ1) is 10.2. The third-order valence-corrected chi connectivity index (χ3v) is 1.62. The topological polar surface area (TPSA) is 46.5 Å². The molecule has 0 aliphatic carbocycles. The van der Waals surface area contributed by atoms with Gasteiger partial charge in [-0.05, 0) is 24.3 Å². The molecule has 3 nitrogen and oxygen atoms in total. The molecule has 0 aromatic heterocycles. The number of hydrogen-bond donors (Lipinski definition) is 1. The molecule has 0 atom stereocenters. The van der Waals surface area contributed by atoms with Crippen LogP contribution in [0.25, 0.3) is 5.83 Å². The molecule has 0 bridgehead atoms. The molecule has 1 aromatic carbocycles. The molecule has 1 aromatic rings. The van der Waals surface area contributed by atoms with Crippen molar-refractivity contribution in [2.45, 2.75) is 0 Å². The maximum Gasteiger partial charge on any atom is 0.331 e. The van der Waals surface area contributed by atoms with E-state index in [4.69, 9.17) is 9.84 Å². The molecule has 0 radical (unpaired) electrons. The first-order valence-electron chi connectivity index (χ1n) is 3.88. The molecule has 0 aliphatic heterocycles. The highest BCUT2D eigenvalue weighted by Gasteiger charge is 2.02. The van der Waals surface area contributed by atoms with E-state index >= 15 is 0 Å². The number of ether oxygens (including phenoxy) is 1. The van der Waals surface area contributed by atoms with Gasteiger partial charge in [-0.25, -0.2) is 9.18 Å². The Kier molecular flexibility index (Phi) is 3.23. The predicted molar refractivity (Wildman–Crippen MR) is 49.7 cm³/mol. The molecule has 14 heavy (non-hydrogen) atoms. The summed E-state index contributed by atoms with van der Waals surface area (Å²) in [7, 11) is 1.50. The van der Waals surface area contributed by atoms with Crippen molar-refractivity contribution in [2.24, 2.45) is 0 Å². The minimum Gasteiger partial charge on any atom is -0.497 e. The number of hydrogen-bond acceptors (Lipinski definition) is 2. The first-order chi connectivity index (χ1) is 6.63. The van der Waals surface area contributed by atoms with Gasteiger partial charge in [-0.1, -0.05) is 0 Å². The zero-order chi connectivity index (χ0) is 10.6. The summed E-state index contributed by atoms with van der Waals surface area (Å²) in [6, 6.07) is 6.02. The molecule has 4 heteroatoms. The minimum atomic E-state index is -1.31. The van der Waals surface area contributed by atoms with E-state index in [-0.39, 0.29) is 5.56 Å². The lowest BCUT2D eigenvalue weighted by Crippen LogP contribution is -1.89. The quantitative estimate of drug-likeness (QED) is 0.753. The highest BCUT2D eigenvalue weighted by molar-refractivity contribution is 5.87. The van der Waals surface area contributed by atoms with Gasteiger partial charge in [-0.3, -0.25) is 0 Å². The fourth-order valence-corrected chi connectivity index (χ4v) is 0.942. The lowest BCUT2D eigenvalue weighted by Gasteiger charge is -2.00. The van der Waals surface area contributed by atoms with Gasteiger partial charge in [0.25, 0.3) is 0 Å². The van der Waals surface area contributed by atoms with Crippen molar-refractivity contribution >= 4 is 11.8 Å². The van der Waals surface area contributed by atoms with E-state index in [1.165, 1.54) is 19.2 Å². The molecule has 0 amide bonds. The highest BCUT2D eigenvalue weighted by Crippen LogP contribution is 2.19. The number of rotatable bonds is 3. The van der Waals surface area contributed by atoms with E-state index < -0.39 is 11.8 Å². The lowest BCUT2D eigenvalue weighted by atomic mass is 10.2. The van der Waals surface area contributed by atoms with Crippen molar-refractivity contribution in [1.82, 2.24) is 0 Å². The number of carbonyl (C=O) groups is 1. The van der Waals surface area contributed by atoms with Gasteiger partial charge in [-0.2, -0.15) is 0 Å². The molecule has 0 aliphatic rings. The third-order valence-electron chi connectivity index (χ3n) is 1.62. The molecule has 0 fully saturated rings. The van der Waals surface area contributed by atoms with Crippen LogP contribution in [0, 0.1) is 0 Å². The molecular weight excluding hydrogens is 187 g/mol. The third kappa shape index (κ3) is 2.58. The van der Waals surface area contributed by atoms with E-state index in [9.17, 15) is 9.18 Å². The molecule has 0 unspecified atom stereocenters. The summed E-state index contributed by atoms with van der Waals surface area (Å²) in [5.74, 6) is -1.49. The van der Waals surface area contributed by atoms with Gasteiger partial charge in [0.05, 0.1) is 13.2 Å². The Morgan fingerprint density at radius 2 is 2.00 bits per heavy atom. The van der Waals surface area contributed by atoms with Gasteiger partial charge in [0, 0.05) is 5.56 Å². The van der Waals surface area contributed by atoms with Gasteiger partial charge >= 0.3 is 5.97 Å². The van der Waals surface area contributed by atoms with Crippen molar-refractivity contribution in [2.75, 3.05) is 7.11 Å². The van der Waals surface area contributed by atoms with Gasteiger partial charge in [-0.15, -0.1) is 0 Å². The van der Waals surface area contributed by atoms with Crippen LogP contribution in [0.4, 0.5) is 4.39 Å². The molecule has 1 N–H and O–H groups in total. The molecule has 1 rings (SSSR count). The SMILES string of the molecule is COc1ccc(C(F)=CC(=O)O)cc1. The fraction of sp³-hybridized carbons (Fsp3) is 0.100. The van der Waals surface area contributed by atoms with E-state index in [2.05, 4.69) is 0 Å². The fourth-order valence-electron chi connectivity index (χ4n) is 0.942. The Balaban J connectivity index is 2.92. The van der Waals surface area contributed by atoms with Gasteiger partial charge < -0.3 is 9.84 Å². The second kappa shape index (κ2) is 4.41. The zero-order valence-corrected chi connectivity index (χ0v) is 7.53. The second-order valence-electron chi connectivity index (χ2n) is 2.56. The van der Waals surface area contributed by atoms with E-state index in [1.54, 1.807) is 12.1 Å². The van der Waals surface area contributed by atoms with E-state index in [0.29, 0.717) is 11.8 Å². The first-order valence-corrected chi connectivity index (χ1v) is 3.88. The summed E-state index contributed by atoms with van der Waals surface area (Å²) in [6.45, 7) is 0. The van der Waals surface area contributed by atoms with Crippen LogP contribution >= 0.6 is 0 Å². The minimum absolute atomic E-state index is 0.216. The molecule has 0 saturated carbocycles. The number of carboxylic acid groups (broad SMARTS) is 1. The van der Waals surface area contributed by atoms with Crippen LogP contribution in [-0.4, -0.2) is 18.2 Å². The Morgan fingerprint density at radius 1 is 1.43 bits per heavy atom. The molecule has 0 heterocycles. The van der Waals surface area contributed by atoms with Gasteiger partial charge in [0.2, 0.25) is 0 Å². The number of aliphatic carboxylic acids is 1. The summed E-state index contributed by atoms with van der Waals surface area (Å²) in [5.41, 5.74) is 0.216. The maximum atomic E-state index is 13.1. The van der Waals surface area contributed by atoms with Crippen LogP contribution in [0.2, 0.25) is 0 Å². The summed E-state index contributed by atoms with van der Waals surface area (Å²) in [4.78, 5) is 10.2. The average molecular weight is 196 g/mol. The Labute approximate surface area is 80.4 Å². The molecule has 0 saturated heterocycles. The number of methoxy groups -OCH3 is 1. The van der Waals surface area contributed by atoms with Crippen LogP contribution in [0.15, 0.2) is 30.3 Å². The number of benzene rings is 1. The predicted octanol–water partition coefficient (Wildman–Crippen LogP) is 2.09. The second-order valence-corrected chi connectivity index (χ2v) is 2.56. The van der Waals surface area contributed by atoms with Crippen LogP contribution in [0.1, 0.15) is 5.56 Å². The van der Waals surface area contributed by atoms with Crippen molar-refractivity contribution in [3.05, 3.63) is 35.9 Å². The van der Waals surface area contributed by atoms with E-state index in [1.807, 2.05) is 0 Å². The number of carboxylic acids is 1. The zero-order valence-electron chi connectivity index (χ0n) is 7.53. The monoisotopic (exact) mass is 196 g/mol. The largest absolute Gasteiger partial charge is 0.497 e. The maximum absolute atomic E-state index is 13.1. The van der Waals surface area contributed by atoms with Crippen LogP contribution in [-0.2, 0) is 4.79 Å². The smallest absolute Gasteiger partial charge is 0.331 e. The summed E-state index contributed by atoms with van der Waals surface area (Å²) in [5, 5.41) is 8.30. The van der Waals surface area contributed by atoms with Crippen molar-refractivity contribution in [3.8, 4) is 5.75 Å². The lowest BCUT2D eigenvalue weighted by molar-refractivity contribution is -0.131. The van der Waals surface area contributed by atoms with Gasteiger partial charge in [0.1, 0.15) is 11.6 Å². The van der Waals surface area contributed by atoms with Crippen molar-refractivity contribution in [1.29, 1.82) is 0 Å². The summed E-state index contributed by atoms with van der Waals surface area (Å²) < 4.78 is 17.9. The Morgan fingerprint density at radius 3 is 2.43 bits per heavy atom. The summed E-state index contributed by atoms with van der Waals surface area (Å²) in [6.07, 6.45) is 0.516. The standard InChI is InChI=1S/C10H9FO3/c1-14-8-4-2-7(3-5-8)9(11)6-10(12)13/h2-6H,1H3,(H,12,13). The average Bonchev–Trinajstić information content (AvgIpc) is 2.17. The Bertz CT molecular complexity index is 354. The highest BCUT2D eigenvalue weighted by atomic mass is 19.1. The van der Waals surface area contributed by atoms with Crippen molar-refractivity contribution < 1.29 is 19.0 Å².